The fourth-order valence-corrected chi connectivity index (χ4v) is 1.85. The Labute approximate surface area is 128 Å². The lowest BCUT2D eigenvalue weighted by atomic mass is 10.2. The predicted octanol–water partition coefficient (Wildman–Crippen LogP) is 4.70. The summed E-state index contributed by atoms with van der Waals surface area (Å²) >= 11 is 11.8. The lowest BCUT2D eigenvalue weighted by Crippen LogP contribution is -2.09. The van der Waals surface area contributed by atoms with Crippen molar-refractivity contribution in [3.05, 3.63) is 40.6 Å². The van der Waals surface area contributed by atoms with Crippen molar-refractivity contribution in [2.24, 2.45) is 0 Å². The first kappa shape index (κ1) is 14.9. The van der Waals surface area contributed by atoms with Gasteiger partial charge in [0.2, 0.25) is 0 Å². The highest BCUT2D eigenvalue weighted by Crippen LogP contribution is 2.27. The maximum absolute atomic E-state index is 5.97. The maximum Gasteiger partial charge on any atom is 0.175 e. The van der Waals surface area contributed by atoms with Crippen molar-refractivity contribution in [3.8, 4) is 5.75 Å². The molecule has 0 radical (unpaired) electrons. The van der Waals surface area contributed by atoms with Crippen LogP contribution in [0, 0.1) is 0 Å². The fourth-order valence-electron chi connectivity index (χ4n) is 1.56. The van der Waals surface area contributed by atoms with Gasteiger partial charge in [-0.15, -0.1) is 10.2 Å². The number of anilines is 2. The second kappa shape index (κ2) is 6.77. The Morgan fingerprint density at radius 3 is 2.80 bits per heavy atom. The van der Waals surface area contributed by atoms with Crippen molar-refractivity contribution < 1.29 is 4.74 Å². The highest BCUT2D eigenvalue weighted by atomic mass is 35.5. The number of hydrogen-bond donors (Lipinski definition) is 1. The minimum atomic E-state index is 0.172. The third-order valence-corrected chi connectivity index (χ3v) is 3.21. The van der Waals surface area contributed by atoms with Gasteiger partial charge in [-0.1, -0.05) is 36.2 Å². The fraction of sp³-hybridized carbons (Fsp3) is 0.286. The molecule has 1 atom stereocenters. The SMILES string of the molecule is CCC(C)Oc1cccc(Nc2cc(Cl)nnc2Cl)c1. The zero-order valence-corrected chi connectivity index (χ0v) is 12.7. The van der Waals surface area contributed by atoms with Gasteiger partial charge in [0.1, 0.15) is 5.75 Å². The molecule has 106 valence electrons. The van der Waals surface area contributed by atoms with Gasteiger partial charge in [0.25, 0.3) is 0 Å². The summed E-state index contributed by atoms with van der Waals surface area (Å²) in [4.78, 5) is 0. The number of hydrogen-bond acceptors (Lipinski definition) is 4. The summed E-state index contributed by atoms with van der Waals surface area (Å²) in [5.41, 5.74) is 1.45. The molecule has 0 spiro atoms. The van der Waals surface area contributed by atoms with Crippen LogP contribution in [0.15, 0.2) is 30.3 Å². The average Bonchev–Trinajstić information content (AvgIpc) is 2.43. The van der Waals surface area contributed by atoms with Gasteiger partial charge in [0.05, 0.1) is 11.8 Å². The van der Waals surface area contributed by atoms with Gasteiger partial charge >= 0.3 is 0 Å². The van der Waals surface area contributed by atoms with Crippen LogP contribution in [-0.4, -0.2) is 16.3 Å². The summed E-state index contributed by atoms with van der Waals surface area (Å²) in [6, 6.07) is 9.25. The molecule has 6 heteroatoms. The van der Waals surface area contributed by atoms with E-state index in [1.807, 2.05) is 31.2 Å². The Morgan fingerprint density at radius 2 is 2.05 bits per heavy atom. The summed E-state index contributed by atoms with van der Waals surface area (Å²) < 4.78 is 5.77. The van der Waals surface area contributed by atoms with Crippen LogP contribution in [0.25, 0.3) is 0 Å². The van der Waals surface area contributed by atoms with Crippen molar-refractivity contribution in [1.29, 1.82) is 0 Å². The summed E-state index contributed by atoms with van der Waals surface area (Å²) in [5, 5.41) is 11.1. The standard InChI is InChI=1S/C14H15Cl2N3O/c1-3-9(2)20-11-6-4-5-10(7-11)17-12-8-13(15)18-19-14(12)16/h4-9H,3H2,1-2H3,(H,17,18). The molecule has 1 aromatic heterocycles. The number of ether oxygens (including phenoxy) is 1. The third kappa shape index (κ3) is 3.99. The first-order valence-electron chi connectivity index (χ1n) is 6.31. The minimum absolute atomic E-state index is 0.172. The summed E-state index contributed by atoms with van der Waals surface area (Å²) in [7, 11) is 0. The van der Waals surface area contributed by atoms with E-state index in [1.165, 1.54) is 0 Å². The molecule has 0 aliphatic rings. The van der Waals surface area contributed by atoms with Crippen molar-refractivity contribution in [3.63, 3.8) is 0 Å². The zero-order valence-electron chi connectivity index (χ0n) is 11.2. The molecule has 2 aromatic rings. The van der Waals surface area contributed by atoms with E-state index < -0.39 is 0 Å². The average molecular weight is 312 g/mol. The summed E-state index contributed by atoms with van der Waals surface area (Å²) in [6.07, 6.45) is 1.12. The Kier molecular flexibility index (Phi) is 5.04. The number of benzene rings is 1. The van der Waals surface area contributed by atoms with Gasteiger partial charge in [-0.05, 0) is 25.5 Å². The Hall–Kier alpha value is -1.52. The lowest BCUT2D eigenvalue weighted by Gasteiger charge is -2.14. The topological polar surface area (TPSA) is 47.0 Å². The predicted molar refractivity (Wildman–Crippen MR) is 82.2 cm³/mol. The molecule has 0 aliphatic carbocycles. The molecular weight excluding hydrogens is 297 g/mol. The van der Waals surface area contributed by atoms with E-state index in [9.17, 15) is 0 Å². The van der Waals surface area contributed by atoms with Crippen LogP contribution in [0.4, 0.5) is 11.4 Å². The molecule has 1 heterocycles. The van der Waals surface area contributed by atoms with Crippen LogP contribution in [0.3, 0.4) is 0 Å². The molecular formula is C14H15Cl2N3O. The van der Waals surface area contributed by atoms with E-state index in [4.69, 9.17) is 27.9 Å². The van der Waals surface area contributed by atoms with Crippen molar-refractivity contribution in [1.82, 2.24) is 10.2 Å². The van der Waals surface area contributed by atoms with Gasteiger partial charge in [-0.3, -0.25) is 0 Å². The second-order valence-electron chi connectivity index (χ2n) is 4.36. The second-order valence-corrected chi connectivity index (χ2v) is 5.11. The van der Waals surface area contributed by atoms with Gasteiger partial charge < -0.3 is 10.1 Å². The van der Waals surface area contributed by atoms with E-state index >= 15 is 0 Å². The van der Waals surface area contributed by atoms with Crippen molar-refractivity contribution >= 4 is 34.6 Å². The Balaban J connectivity index is 2.17. The van der Waals surface area contributed by atoms with Crippen LogP contribution in [0.2, 0.25) is 10.3 Å². The maximum atomic E-state index is 5.97. The number of aromatic nitrogens is 2. The molecule has 0 aliphatic heterocycles. The third-order valence-electron chi connectivity index (χ3n) is 2.74. The van der Waals surface area contributed by atoms with Crippen molar-refractivity contribution in [2.45, 2.75) is 26.4 Å². The monoisotopic (exact) mass is 311 g/mol. The van der Waals surface area contributed by atoms with E-state index in [2.05, 4.69) is 22.4 Å². The van der Waals surface area contributed by atoms with E-state index in [-0.39, 0.29) is 16.4 Å². The van der Waals surface area contributed by atoms with Crippen LogP contribution >= 0.6 is 23.2 Å². The molecule has 0 bridgehead atoms. The van der Waals surface area contributed by atoms with Crippen LogP contribution in [0.5, 0.6) is 5.75 Å². The molecule has 1 N–H and O–H groups in total. The molecule has 0 amide bonds. The molecule has 2 rings (SSSR count). The van der Waals surface area contributed by atoms with E-state index in [1.54, 1.807) is 6.07 Å². The molecule has 4 nitrogen and oxygen atoms in total. The molecule has 1 aromatic carbocycles. The van der Waals surface area contributed by atoms with Gasteiger partial charge in [0.15, 0.2) is 10.3 Å². The first-order valence-corrected chi connectivity index (χ1v) is 7.06. The van der Waals surface area contributed by atoms with Crippen LogP contribution < -0.4 is 10.1 Å². The zero-order chi connectivity index (χ0) is 14.5. The number of halogens is 2. The number of rotatable bonds is 5. The minimum Gasteiger partial charge on any atom is -0.491 e. The molecule has 0 fully saturated rings. The molecule has 0 saturated heterocycles. The highest BCUT2D eigenvalue weighted by molar-refractivity contribution is 6.33. The Bertz CT molecular complexity index is 592. The van der Waals surface area contributed by atoms with Crippen LogP contribution in [0.1, 0.15) is 20.3 Å². The van der Waals surface area contributed by atoms with Gasteiger partial charge in [0, 0.05) is 17.8 Å². The van der Waals surface area contributed by atoms with Gasteiger partial charge in [-0.25, -0.2) is 0 Å². The first-order chi connectivity index (χ1) is 9.58. The highest BCUT2D eigenvalue weighted by Gasteiger charge is 2.06. The van der Waals surface area contributed by atoms with Crippen molar-refractivity contribution in [2.75, 3.05) is 5.32 Å². The molecule has 0 saturated carbocycles. The lowest BCUT2D eigenvalue weighted by molar-refractivity contribution is 0.217. The van der Waals surface area contributed by atoms with E-state index in [0.29, 0.717) is 5.69 Å². The van der Waals surface area contributed by atoms with Gasteiger partial charge in [-0.2, -0.15) is 0 Å². The smallest absolute Gasteiger partial charge is 0.175 e. The normalized spacial score (nSPS) is 12.0. The van der Waals surface area contributed by atoms with E-state index in [0.717, 1.165) is 17.9 Å². The summed E-state index contributed by atoms with van der Waals surface area (Å²) in [5.74, 6) is 0.800. The summed E-state index contributed by atoms with van der Waals surface area (Å²) in [6.45, 7) is 4.11. The number of nitrogens with one attached hydrogen (secondary N) is 1. The Morgan fingerprint density at radius 1 is 1.25 bits per heavy atom. The largest absolute Gasteiger partial charge is 0.491 e. The molecule has 1 unspecified atom stereocenters. The quantitative estimate of drug-likeness (QED) is 0.869. The molecule has 20 heavy (non-hydrogen) atoms. The van der Waals surface area contributed by atoms with Crippen LogP contribution in [-0.2, 0) is 0 Å². The number of nitrogens with zero attached hydrogens (tertiary/aromatic N) is 2.